The molecule has 0 fully saturated rings. The normalized spacial score (nSPS) is 12.0. The van der Waals surface area contributed by atoms with Gasteiger partial charge in [-0.1, -0.05) is 96.7 Å². The molecule has 4 aromatic carbocycles. The Kier molecular flexibility index (Phi) is 12.5. The summed E-state index contributed by atoms with van der Waals surface area (Å²) >= 11 is 13.2. The van der Waals surface area contributed by atoms with Gasteiger partial charge in [-0.2, -0.15) is 0 Å². The number of hydrogen-bond acceptors (Lipinski definition) is 4. The lowest BCUT2D eigenvalue weighted by Gasteiger charge is -2.34. The van der Waals surface area contributed by atoms with Crippen molar-refractivity contribution in [3.8, 4) is 0 Å². The molecule has 0 aliphatic heterocycles. The zero-order valence-electron chi connectivity index (χ0n) is 27.2. The molecule has 7 nitrogen and oxygen atoms in total. The number of rotatable bonds is 14. The predicted octanol–water partition coefficient (Wildman–Crippen LogP) is 7.67. The van der Waals surface area contributed by atoms with Crippen LogP contribution in [0.3, 0.4) is 0 Å². The smallest absolute Gasteiger partial charge is 0.264 e. The second kappa shape index (κ2) is 16.3. The third-order valence-corrected chi connectivity index (χ3v) is 10.7. The van der Waals surface area contributed by atoms with E-state index in [4.69, 9.17) is 23.2 Å². The van der Waals surface area contributed by atoms with E-state index in [0.717, 1.165) is 39.4 Å². The first-order valence-electron chi connectivity index (χ1n) is 15.6. The Morgan fingerprint density at radius 1 is 0.830 bits per heavy atom. The minimum Gasteiger partial charge on any atom is -0.354 e. The van der Waals surface area contributed by atoms with Crippen LogP contribution in [0.15, 0.2) is 95.9 Å². The van der Waals surface area contributed by atoms with E-state index in [-0.39, 0.29) is 23.8 Å². The van der Waals surface area contributed by atoms with Gasteiger partial charge >= 0.3 is 0 Å². The van der Waals surface area contributed by atoms with Gasteiger partial charge in [-0.15, -0.1) is 0 Å². The highest BCUT2D eigenvalue weighted by Crippen LogP contribution is 2.30. The first-order chi connectivity index (χ1) is 22.4. The van der Waals surface area contributed by atoms with Gasteiger partial charge in [0.2, 0.25) is 11.8 Å². The molecule has 0 aromatic heterocycles. The molecule has 1 N–H and O–H groups in total. The van der Waals surface area contributed by atoms with Crippen LogP contribution in [-0.2, 0) is 32.6 Å². The van der Waals surface area contributed by atoms with Crippen LogP contribution in [0.2, 0.25) is 10.0 Å². The minimum atomic E-state index is -4.21. The summed E-state index contributed by atoms with van der Waals surface area (Å²) in [7, 11) is -4.21. The van der Waals surface area contributed by atoms with E-state index in [9.17, 15) is 18.0 Å². The zero-order chi connectivity index (χ0) is 34.1. The average Bonchev–Trinajstić information content (AvgIpc) is 3.04. The van der Waals surface area contributed by atoms with Gasteiger partial charge in [0.05, 0.1) is 10.6 Å². The highest BCUT2D eigenvalue weighted by Gasteiger charge is 2.35. The lowest BCUT2D eigenvalue weighted by molar-refractivity contribution is -0.140. The Labute approximate surface area is 288 Å². The topological polar surface area (TPSA) is 86.8 Å². The number of carbonyl (C=O) groups excluding carboxylic acids is 2. The van der Waals surface area contributed by atoms with Gasteiger partial charge in [0.25, 0.3) is 10.0 Å². The number of hydrogen-bond donors (Lipinski definition) is 1. The molecule has 0 aliphatic carbocycles. The Balaban J connectivity index is 1.84. The molecule has 4 rings (SSSR count). The van der Waals surface area contributed by atoms with E-state index in [2.05, 4.69) is 5.32 Å². The fourth-order valence-corrected chi connectivity index (χ4v) is 7.08. The number of carbonyl (C=O) groups is 2. The van der Waals surface area contributed by atoms with Crippen LogP contribution in [0, 0.1) is 20.8 Å². The summed E-state index contributed by atoms with van der Waals surface area (Å²) in [4.78, 5) is 30.0. The highest BCUT2D eigenvalue weighted by molar-refractivity contribution is 7.92. The summed E-state index contributed by atoms with van der Waals surface area (Å²) in [6, 6.07) is 25.2. The molecular weight excluding hydrogens is 653 g/mol. The van der Waals surface area contributed by atoms with E-state index >= 15 is 0 Å². The molecule has 2 amide bonds. The Morgan fingerprint density at radius 2 is 1.49 bits per heavy atom. The van der Waals surface area contributed by atoms with Crippen molar-refractivity contribution in [2.45, 2.75) is 64.4 Å². The summed E-state index contributed by atoms with van der Waals surface area (Å²) in [5.41, 5.74) is 4.39. The maximum absolute atomic E-state index is 14.7. The van der Waals surface area contributed by atoms with Crippen LogP contribution in [0.5, 0.6) is 0 Å². The van der Waals surface area contributed by atoms with Crippen molar-refractivity contribution in [1.29, 1.82) is 0 Å². The van der Waals surface area contributed by atoms with Crippen LogP contribution < -0.4 is 9.62 Å². The lowest BCUT2D eigenvalue weighted by atomic mass is 10.0. The van der Waals surface area contributed by atoms with Crippen LogP contribution in [0.4, 0.5) is 5.69 Å². The van der Waals surface area contributed by atoms with Crippen molar-refractivity contribution in [3.05, 3.63) is 129 Å². The Morgan fingerprint density at radius 3 is 2.11 bits per heavy atom. The van der Waals surface area contributed by atoms with Gasteiger partial charge in [-0.25, -0.2) is 8.42 Å². The van der Waals surface area contributed by atoms with Crippen molar-refractivity contribution < 1.29 is 18.0 Å². The summed E-state index contributed by atoms with van der Waals surface area (Å²) < 4.78 is 29.6. The van der Waals surface area contributed by atoms with E-state index in [1.165, 1.54) is 17.0 Å². The van der Waals surface area contributed by atoms with Crippen LogP contribution in [0.25, 0.3) is 0 Å². The molecule has 248 valence electrons. The highest BCUT2D eigenvalue weighted by atomic mass is 35.5. The second-order valence-electron chi connectivity index (χ2n) is 11.7. The Hall–Kier alpha value is -3.85. The van der Waals surface area contributed by atoms with Gasteiger partial charge in [0, 0.05) is 35.1 Å². The molecular formula is C37H41Cl2N3O4S. The number of nitrogens with one attached hydrogen (secondary N) is 1. The van der Waals surface area contributed by atoms with E-state index in [0.29, 0.717) is 27.8 Å². The van der Waals surface area contributed by atoms with E-state index < -0.39 is 28.5 Å². The zero-order valence-corrected chi connectivity index (χ0v) is 29.5. The molecule has 1 atom stereocenters. The molecule has 0 saturated heterocycles. The third-order valence-electron chi connectivity index (χ3n) is 8.16. The molecule has 1 unspecified atom stereocenters. The third kappa shape index (κ3) is 9.15. The summed E-state index contributed by atoms with van der Waals surface area (Å²) in [6.07, 6.45) is 1.84. The molecule has 0 spiro atoms. The predicted molar refractivity (Wildman–Crippen MR) is 190 cm³/mol. The summed E-state index contributed by atoms with van der Waals surface area (Å²) in [6.45, 7) is 7.49. The second-order valence-corrected chi connectivity index (χ2v) is 14.3. The molecule has 0 heterocycles. The maximum Gasteiger partial charge on any atom is 0.264 e. The number of unbranched alkanes of at least 4 members (excludes halogenated alkanes) is 1. The lowest BCUT2D eigenvalue weighted by Crippen LogP contribution is -2.53. The molecule has 4 aromatic rings. The quantitative estimate of drug-likeness (QED) is 0.137. The van der Waals surface area contributed by atoms with Crippen LogP contribution in [0.1, 0.15) is 47.6 Å². The van der Waals surface area contributed by atoms with Gasteiger partial charge in [0.1, 0.15) is 12.6 Å². The number of halogens is 2. The van der Waals surface area contributed by atoms with Gasteiger partial charge < -0.3 is 10.2 Å². The first-order valence-corrected chi connectivity index (χ1v) is 17.8. The molecule has 0 bridgehead atoms. The standard InChI is InChI=1S/C37H41Cl2N3O4S/c1-5-6-21-40-37(44)35(23-29-11-8-7-9-12-29)41(24-32-33(38)13-10-14-34(32)39)36(43)25-42(30-18-17-27(3)28(4)22-30)47(45,46)31-19-15-26(2)16-20-31/h7-20,22,35H,5-6,21,23-25H2,1-4H3,(H,40,44). The monoisotopic (exact) mass is 693 g/mol. The molecule has 0 radical (unpaired) electrons. The average molecular weight is 695 g/mol. The van der Waals surface area contributed by atoms with Gasteiger partial charge in [0.15, 0.2) is 0 Å². The molecule has 47 heavy (non-hydrogen) atoms. The number of benzene rings is 4. The summed E-state index contributed by atoms with van der Waals surface area (Å²) in [5, 5.41) is 3.65. The summed E-state index contributed by atoms with van der Waals surface area (Å²) in [5.74, 6) is -0.931. The molecule has 0 aliphatic rings. The number of sulfonamides is 1. The SMILES string of the molecule is CCCCNC(=O)C(Cc1ccccc1)N(Cc1c(Cl)cccc1Cl)C(=O)CN(c1ccc(C)c(C)c1)S(=O)(=O)c1ccc(C)cc1. The first kappa shape index (κ1) is 36.0. The maximum atomic E-state index is 14.7. The Bertz CT molecular complexity index is 1780. The number of amides is 2. The minimum absolute atomic E-state index is 0.0490. The van der Waals surface area contributed by atoms with Crippen molar-refractivity contribution in [3.63, 3.8) is 0 Å². The van der Waals surface area contributed by atoms with Gasteiger partial charge in [-0.3, -0.25) is 13.9 Å². The number of nitrogens with zero attached hydrogens (tertiary/aromatic N) is 2. The van der Waals surface area contributed by atoms with E-state index in [1.807, 2.05) is 64.1 Å². The van der Waals surface area contributed by atoms with Crippen molar-refractivity contribution in [2.75, 3.05) is 17.4 Å². The molecule has 0 saturated carbocycles. The van der Waals surface area contributed by atoms with E-state index in [1.54, 1.807) is 42.5 Å². The van der Waals surface area contributed by atoms with Crippen LogP contribution >= 0.6 is 23.2 Å². The largest absolute Gasteiger partial charge is 0.354 e. The van der Waals surface area contributed by atoms with Crippen molar-refractivity contribution in [1.82, 2.24) is 10.2 Å². The van der Waals surface area contributed by atoms with Crippen molar-refractivity contribution in [2.24, 2.45) is 0 Å². The van der Waals surface area contributed by atoms with Gasteiger partial charge in [-0.05, 0) is 80.3 Å². The number of aryl methyl sites for hydroxylation is 3. The van der Waals surface area contributed by atoms with Crippen LogP contribution in [-0.4, -0.2) is 44.3 Å². The number of anilines is 1. The van der Waals surface area contributed by atoms with Crippen molar-refractivity contribution >= 4 is 50.7 Å². The fraction of sp³-hybridized carbons (Fsp3) is 0.297. The fourth-order valence-electron chi connectivity index (χ4n) is 5.16. The molecule has 10 heteroatoms.